The fraction of sp³-hybridized carbons (Fsp3) is 0.0909. The molecule has 13 N–H and O–H groups in total. The zero-order chi connectivity index (χ0) is 65.3. The first kappa shape index (κ1) is 92.6. The first-order valence-corrected chi connectivity index (χ1v) is 31.5. The topological polar surface area (TPSA) is 500 Å². The van der Waals surface area contributed by atoms with Gasteiger partial charge in [0.1, 0.15) is 0 Å². The van der Waals surface area contributed by atoms with Crippen LogP contribution in [0.5, 0.6) is 0 Å². The van der Waals surface area contributed by atoms with Gasteiger partial charge < -0.3 is 61.4 Å². The van der Waals surface area contributed by atoms with Crippen LogP contribution in [-0.2, 0) is 143 Å². The molecule has 38 heteroatoms. The molecule has 0 saturated carbocycles. The van der Waals surface area contributed by atoms with Gasteiger partial charge in [0.05, 0.1) is 38.0 Å². The molecular weight excluding hydrogens is 1600 g/mol. The molecule has 0 aliphatic carbocycles. The molecule has 0 fully saturated rings. The van der Waals surface area contributed by atoms with Crippen molar-refractivity contribution in [3.63, 3.8) is 0 Å². The summed E-state index contributed by atoms with van der Waals surface area (Å²) in [5.74, 6) is 3.80. The molecular formula is C66H67N21Ni5O10S2. The zero-order valence-corrected chi connectivity index (χ0v) is 60.6. The molecule has 0 saturated heterocycles. The second kappa shape index (κ2) is 44.3. The average molecular weight is 1670 g/mol. The minimum Gasteiger partial charge on any atom is -0.726 e. The average Bonchev–Trinajstić information content (AvgIpc) is 1.15. The summed E-state index contributed by atoms with van der Waals surface area (Å²) in [5, 5.41) is 0. The number of benzene rings is 6. The Morgan fingerprint density at radius 3 is 0.490 bits per heavy atom. The van der Waals surface area contributed by atoms with E-state index in [1.807, 2.05) is 103 Å². The third-order valence-electron chi connectivity index (χ3n) is 14.1. The number of nitrogens with zero attached hydrogens (tertiary/aromatic N) is 18. The molecule has 0 spiro atoms. The molecule has 8 heterocycles. The predicted octanol–water partition coefficient (Wildman–Crippen LogP) is 10.1. The van der Waals surface area contributed by atoms with Gasteiger partial charge in [-0.3, -0.25) is 13.7 Å². The van der Waals surface area contributed by atoms with E-state index in [4.69, 9.17) is 65.0 Å². The molecule has 0 atom stereocenters. The minimum atomic E-state index is -4.92. The Morgan fingerprint density at radius 1 is 0.279 bits per heavy atom. The van der Waals surface area contributed by atoms with E-state index < -0.39 is 20.8 Å². The fourth-order valence-corrected chi connectivity index (χ4v) is 9.63. The van der Waals surface area contributed by atoms with Crippen LogP contribution in [0.2, 0.25) is 0 Å². The summed E-state index contributed by atoms with van der Waals surface area (Å²) in [6.45, 7) is 4.53. The van der Waals surface area contributed by atoms with Crippen molar-refractivity contribution in [2.75, 3.05) is 0 Å². The Bertz CT molecular complexity index is 4100. The number of nitrogens with two attached hydrogens (primary N) is 3. The number of rotatable bonds is 18. The van der Waals surface area contributed by atoms with E-state index in [-0.39, 0.29) is 112 Å². The van der Waals surface area contributed by atoms with Crippen LogP contribution in [0.15, 0.2) is 258 Å². The molecule has 14 aromatic rings. The van der Waals surface area contributed by atoms with Crippen LogP contribution in [-0.4, -0.2) is 133 Å². The van der Waals surface area contributed by atoms with Gasteiger partial charge in [0.15, 0.2) is 34.9 Å². The Hall–Kier alpha value is -9.39. The van der Waals surface area contributed by atoms with Gasteiger partial charge in [-0.2, -0.15) is 8.42 Å². The van der Waals surface area contributed by atoms with Gasteiger partial charge in [-0.15, -0.1) is 0 Å². The summed E-state index contributed by atoms with van der Waals surface area (Å²) in [6, 6.07) is 50.1. The second-order valence-corrected chi connectivity index (χ2v) is 22.8. The van der Waals surface area contributed by atoms with Gasteiger partial charge in [0, 0.05) is 196 Å². The molecule has 8 aromatic heterocycles. The molecule has 31 nitrogen and oxygen atoms in total. The Labute approximate surface area is 648 Å². The van der Waals surface area contributed by atoms with Crippen molar-refractivity contribution in [3.05, 3.63) is 310 Å². The predicted molar refractivity (Wildman–Crippen MR) is 370 cm³/mol. The van der Waals surface area contributed by atoms with Crippen molar-refractivity contribution < 1.29 is 128 Å². The van der Waals surface area contributed by atoms with Crippen LogP contribution in [0, 0.1) is 0 Å². The number of hydrogen-bond acceptors (Lipinski definition) is 17. The summed E-state index contributed by atoms with van der Waals surface area (Å²) >= 11 is 0. The molecule has 0 unspecified atom stereocenters. The molecule has 14 rings (SSSR count). The maximum absolute atomic E-state index is 8.74. The summed E-state index contributed by atoms with van der Waals surface area (Å²) in [7, 11) is -9.58. The van der Waals surface area contributed by atoms with E-state index in [2.05, 4.69) is 175 Å². The third kappa shape index (κ3) is 28.7. The molecule has 0 aliphatic heterocycles. The van der Waals surface area contributed by atoms with E-state index in [1.54, 1.807) is 37.2 Å². The molecule has 558 valence electrons. The molecule has 6 aromatic carbocycles. The smallest absolute Gasteiger partial charge is 0.726 e. The van der Waals surface area contributed by atoms with E-state index in [1.165, 1.54) is 33.4 Å². The van der Waals surface area contributed by atoms with Crippen LogP contribution in [0.3, 0.4) is 0 Å². The normalized spacial score (nSPS) is 10.1. The van der Waals surface area contributed by atoms with Gasteiger partial charge >= 0.3 is 43.4 Å². The molecule has 0 amide bonds. The van der Waals surface area contributed by atoms with Gasteiger partial charge in [0.2, 0.25) is 10.4 Å². The van der Waals surface area contributed by atoms with Crippen LogP contribution in [0.1, 0.15) is 33.4 Å². The van der Waals surface area contributed by atoms with Gasteiger partial charge in [-0.25, -0.2) is 68.2 Å². The summed E-state index contributed by atoms with van der Waals surface area (Å²) < 4.78 is 76.7. The molecule has 104 heavy (non-hydrogen) atoms. The van der Waals surface area contributed by atoms with E-state index >= 15 is 0 Å². The van der Waals surface area contributed by atoms with Crippen molar-refractivity contribution in [2.24, 2.45) is 0 Å². The molecule has 0 aliphatic rings. The molecule has 0 bridgehead atoms. The van der Waals surface area contributed by atoms with Gasteiger partial charge in [0.25, 0.3) is 0 Å². The summed E-state index contributed by atoms with van der Waals surface area (Å²) in [4.78, 5) is 54.3. The van der Waals surface area contributed by atoms with Crippen LogP contribution < -0.4 is 0 Å². The quantitative estimate of drug-likeness (QED) is 0.0408. The number of imidazole rings is 6. The SMILES string of the molecule is O.O.O=S(=O)(O)O.O=S(=O)([O-])O.[NH2-].[NH2-].[NH2-].[Ni+2].[Ni+2].[Ni].[Ni].[Ni].c1cn(Cc2ccc(-c3nc(-c4ccc(Cn5ccnc5)cc4)nc(-c4ccc(Cn5ccnc5)cc4)n3)cc2)cn1.c1cn(Cc2ccc(-c3nc(-c4ccc(Cn5ccnc5)cc4)nc(-c4ccc(Cn5ccnc5)cc4)n3)cc2)cn1. The maximum atomic E-state index is 8.74. The standard InChI is InChI=1S/2C33H27N9.3H2N.5Ni.2H2O4S.2H2O/c2*1-7-28(8-2-25(1)19-40-16-13-34-22-40)31-37-32(29-9-3-26(4-10-29)20-41-17-14-35-23-41)39-33(38-31)30-11-5-27(6-12-30)21-42-18-15-36-24-42;;;;;;;;;2*1-5(2,3)4;;/h2*1-18,22-24H,19-21H2;3*1H2;;;;;;2*(H2,1,2,3,4);2*1H2/q;;3*-1;;;;2*+2;;;;/p-1. The minimum absolute atomic E-state index is 0. The largest absolute Gasteiger partial charge is 2.00 e. The monoisotopic (exact) mass is 1670 g/mol. The first-order valence-electron chi connectivity index (χ1n) is 28.7. The number of aromatic nitrogens is 18. The van der Waals surface area contributed by atoms with Crippen LogP contribution in [0.25, 0.3) is 86.8 Å². The van der Waals surface area contributed by atoms with Gasteiger partial charge in [-0.05, 0) is 33.4 Å². The number of hydrogen-bond donors (Lipinski definition) is 3. The summed E-state index contributed by atoms with van der Waals surface area (Å²) in [6.07, 6.45) is 33.4. The van der Waals surface area contributed by atoms with Crippen molar-refractivity contribution in [3.8, 4) is 68.3 Å². The molecule has 0 radical (unpaired) electrons. The van der Waals surface area contributed by atoms with Gasteiger partial charge in [-0.1, -0.05) is 146 Å². The zero-order valence-electron chi connectivity index (χ0n) is 54.1. The van der Waals surface area contributed by atoms with E-state index in [0.717, 1.165) is 72.6 Å². The fourth-order valence-electron chi connectivity index (χ4n) is 9.63. The van der Waals surface area contributed by atoms with Crippen molar-refractivity contribution >= 4 is 20.8 Å². The van der Waals surface area contributed by atoms with Crippen LogP contribution >= 0.6 is 0 Å². The van der Waals surface area contributed by atoms with Crippen molar-refractivity contribution in [2.45, 2.75) is 39.3 Å². The van der Waals surface area contributed by atoms with E-state index in [0.29, 0.717) is 34.9 Å². The third-order valence-corrected chi connectivity index (χ3v) is 14.1. The summed E-state index contributed by atoms with van der Waals surface area (Å²) in [5.41, 5.74) is 12.6. The van der Waals surface area contributed by atoms with E-state index in [9.17, 15) is 0 Å². The Balaban J connectivity index is 0.000000847. The van der Waals surface area contributed by atoms with Crippen molar-refractivity contribution in [1.29, 1.82) is 0 Å². The van der Waals surface area contributed by atoms with Crippen molar-refractivity contribution in [1.82, 2.24) is 87.2 Å². The maximum Gasteiger partial charge on any atom is 2.00 e. The second-order valence-electron chi connectivity index (χ2n) is 21.1. The first-order chi connectivity index (χ1) is 45.5. The Kier molecular flexibility index (Phi) is 39.5. The Morgan fingerprint density at radius 2 is 0.394 bits per heavy atom. The van der Waals surface area contributed by atoms with Crippen LogP contribution in [0.4, 0.5) is 0 Å².